The van der Waals surface area contributed by atoms with Crippen LogP contribution in [0.1, 0.15) is 35.1 Å². The molecule has 54 heavy (non-hydrogen) atoms. The number of Topliss-reactive ketones (excluding diaryl/α,β-unsaturated/α-hetero) is 2. The maximum absolute atomic E-state index is 13.3. The van der Waals surface area contributed by atoms with Crippen molar-refractivity contribution < 1.29 is 47.7 Å². The minimum absolute atomic E-state index is 0.130. The highest BCUT2D eigenvalue weighted by Gasteiger charge is 2.46. The molecule has 0 bridgehead atoms. The monoisotopic (exact) mass is 748 g/mol. The number of alkyl carbamates (subject to hydrolysis) is 2. The first kappa shape index (κ1) is 41.4. The summed E-state index contributed by atoms with van der Waals surface area (Å²) in [6.07, 6.45) is -0.592. The van der Waals surface area contributed by atoms with E-state index in [1.165, 1.54) is 14.2 Å². The normalized spacial score (nSPS) is 21.6. The number of benzene rings is 2. The molecule has 6 atom stereocenters. The molecule has 0 aliphatic carbocycles. The average Bonchev–Trinajstić information content (AvgIpc) is 3.81. The number of hydrogen-bond donors (Lipinski definition) is 6. The maximum atomic E-state index is 13.3. The van der Waals surface area contributed by atoms with Crippen molar-refractivity contribution >= 4 is 35.7 Å². The zero-order chi connectivity index (χ0) is 39.0. The lowest BCUT2D eigenvalue weighted by molar-refractivity contribution is -0.146. The Morgan fingerprint density at radius 3 is 1.43 bits per heavy atom. The van der Waals surface area contributed by atoms with Gasteiger partial charge in [-0.2, -0.15) is 0 Å². The van der Waals surface area contributed by atoms with Gasteiger partial charge >= 0.3 is 24.1 Å². The highest BCUT2D eigenvalue weighted by atomic mass is 16.6. The molecule has 2 aromatic rings. The van der Waals surface area contributed by atoms with Crippen LogP contribution in [0.5, 0.6) is 0 Å². The SMILES string of the molecule is COC(=O)C1NCC(NC(=O)OCC#CCOC(=O)NC2CNC(C(=O)OC)C2C(=O)CCc2cccc(CN)c2)C1C(=O)CCc1cccc(CN)c1. The summed E-state index contributed by atoms with van der Waals surface area (Å²) in [4.78, 5) is 76.7. The van der Waals surface area contributed by atoms with Gasteiger partial charge in [0.25, 0.3) is 0 Å². The maximum Gasteiger partial charge on any atom is 0.408 e. The van der Waals surface area contributed by atoms with Crippen LogP contribution in [0.15, 0.2) is 48.5 Å². The fraction of sp³-hybridized carbons (Fsp3) is 0.474. The number of nitrogens with one attached hydrogen (secondary N) is 4. The lowest BCUT2D eigenvalue weighted by Crippen LogP contribution is -2.47. The summed E-state index contributed by atoms with van der Waals surface area (Å²) in [5.41, 5.74) is 15.2. The Labute approximate surface area is 313 Å². The summed E-state index contributed by atoms with van der Waals surface area (Å²) in [6, 6.07) is 11.8. The first-order valence-corrected chi connectivity index (χ1v) is 17.6. The lowest BCUT2D eigenvalue weighted by Gasteiger charge is -2.22. The first-order chi connectivity index (χ1) is 26.1. The fourth-order valence-electron chi connectivity index (χ4n) is 6.68. The quantitative estimate of drug-likeness (QED) is 0.0754. The van der Waals surface area contributed by atoms with Crippen LogP contribution < -0.4 is 32.7 Å². The van der Waals surface area contributed by atoms with Gasteiger partial charge in [-0.1, -0.05) is 60.4 Å². The van der Waals surface area contributed by atoms with E-state index >= 15 is 0 Å². The molecular weight excluding hydrogens is 700 g/mol. The van der Waals surface area contributed by atoms with E-state index in [1.807, 2.05) is 48.5 Å². The highest BCUT2D eigenvalue weighted by Crippen LogP contribution is 2.23. The molecule has 2 heterocycles. The number of rotatable bonds is 16. The molecule has 4 rings (SSSR count). The van der Waals surface area contributed by atoms with Gasteiger partial charge in [-0.25, -0.2) is 9.59 Å². The Hall–Kier alpha value is -5.34. The van der Waals surface area contributed by atoms with Gasteiger partial charge in [0.1, 0.15) is 23.7 Å². The molecule has 0 spiro atoms. The van der Waals surface area contributed by atoms with E-state index in [1.54, 1.807) is 0 Å². The second-order valence-electron chi connectivity index (χ2n) is 12.9. The Morgan fingerprint density at radius 1 is 0.667 bits per heavy atom. The van der Waals surface area contributed by atoms with Gasteiger partial charge in [0.15, 0.2) is 13.2 Å². The number of hydrogen-bond acceptors (Lipinski definition) is 14. The highest BCUT2D eigenvalue weighted by molar-refractivity contribution is 5.91. The zero-order valence-corrected chi connectivity index (χ0v) is 30.4. The number of ketones is 2. The fourth-order valence-corrected chi connectivity index (χ4v) is 6.68. The summed E-state index contributed by atoms with van der Waals surface area (Å²) in [7, 11) is 2.45. The summed E-state index contributed by atoms with van der Waals surface area (Å²) >= 11 is 0. The Morgan fingerprint density at radius 2 is 1.06 bits per heavy atom. The smallest absolute Gasteiger partial charge is 0.408 e. The molecule has 0 radical (unpaired) electrons. The minimum atomic E-state index is -0.940. The number of carbonyl (C=O) groups excluding carboxylic acids is 6. The predicted molar refractivity (Wildman–Crippen MR) is 194 cm³/mol. The van der Waals surface area contributed by atoms with Crippen LogP contribution in [0.25, 0.3) is 0 Å². The minimum Gasteiger partial charge on any atom is -0.468 e. The van der Waals surface area contributed by atoms with E-state index in [-0.39, 0.29) is 50.7 Å². The van der Waals surface area contributed by atoms with Crippen molar-refractivity contribution in [1.82, 2.24) is 21.3 Å². The molecule has 290 valence electrons. The van der Waals surface area contributed by atoms with Gasteiger partial charge in [-0.3, -0.25) is 19.2 Å². The van der Waals surface area contributed by atoms with Crippen LogP contribution in [0, 0.1) is 23.7 Å². The molecule has 2 fully saturated rings. The third-order valence-corrected chi connectivity index (χ3v) is 9.41. The van der Waals surface area contributed by atoms with Gasteiger partial charge in [-0.05, 0) is 35.1 Å². The summed E-state index contributed by atoms with van der Waals surface area (Å²) in [5, 5.41) is 11.2. The van der Waals surface area contributed by atoms with Crippen LogP contribution in [-0.4, -0.2) is 100 Å². The van der Waals surface area contributed by atoms with Gasteiger partial charge in [0, 0.05) is 39.0 Å². The topological polar surface area (TPSA) is 240 Å². The molecule has 2 aliphatic heterocycles. The second-order valence-corrected chi connectivity index (χ2v) is 12.9. The molecule has 0 aromatic heterocycles. The Bertz CT molecular complexity index is 1600. The van der Waals surface area contributed by atoms with Crippen LogP contribution >= 0.6 is 0 Å². The number of ether oxygens (including phenoxy) is 4. The van der Waals surface area contributed by atoms with Crippen molar-refractivity contribution in [2.75, 3.05) is 40.5 Å². The van der Waals surface area contributed by atoms with Crippen molar-refractivity contribution in [3.05, 3.63) is 70.8 Å². The van der Waals surface area contributed by atoms with Crippen molar-refractivity contribution in [3.8, 4) is 11.8 Å². The van der Waals surface area contributed by atoms with E-state index in [0.29, 0.717) is 25.9 Å². The molecular formula is C38H48N6O10. The van der Waals surface area contributed by atoms with E-state index in [0.717, 1.165) is 22.3 Å². The molecule has 2 aliphatic rings. The molecule has 2 saturated heterocycles. The summed E-state index contributed by atoms with van der Waals surface area (Å²) < 4.78 is 20.0. The molecule has 16 heteroatoms. The number of aryl methyl sites for hydroxylation is 2. The largest absolute Gasteiger partial charge is 0.468 e. The summed E-state index contributed by atoms with van der Waals surface area (Å²) in [6.45, 7) is 0.296. The molecule has 16 nitrogen and oxygen atoms in total. The van der Waals surface area contributed by atoms with Crippen LogP contribution in [-0.2, 0) is 64.1 Å². The Kier molecular flexibility index (Phi) is 15.9. The van der Waals surface area contributed by atoms with Crippen LogP contribution in [0.3, 0.4) is 0 Å². The lowest BCUT2D eigenvalue weighted by atomic mass is 9.88. The van der Waals surface area contributed by atoms with Crippen molar-refractivity contribution in [2.45, 2.75) is 62.9 Å². The number of nitrogens with two attached hydrogens (primary N) is 2. The zero-order valence-electron chi connectivity index (χ0n) is 30.4. The van der Waals surface area contributed by atoms with E-state index in [2.05, 4.69) is 33.1 Å². The van der Waals surface area contributed by atoms with Gasteiger partial charge in [-0.15, -0.1) is 0 Å². The van der Waals surface area contributed by atoms with E-state index in [9.17, 15) is 28.8 Å². The molecule has 2 amide bonds. The van der Waals surface area contributed by atoms with Crippen LogP contribution in [0.2, 0.25) is 0 Å². The van der Waals surface area contributed by atoms with E-state index < -0.39 is 60.1 Å². The average molecular weight is 749 g/mol. The van der Waals surface area contributed by atoms with Crippen molar-refractivity contribution in [2.24, 2.45) is 23.3 Å². The standard InChI is InChI=1S/C38H48N6O10/c1-51-35(47)33-31(29(45)13-11-23-7-5-9-25(17-23)19-39)27(21-41-33)43-37(49)53-15-3-4-16-54-38(50)44-28-22-42-34(36(48)52-2)32(28)30(46)14-12-24-8-6-10-26(18-24)20-40/h5-10,17-18,27-28,31-34,41-42H,11-16,19-22,39-40H2,1-2H3,(H,43,49)(H,44,50). The number of methoxy groups -OCH3 is 2. The Balaban J connectivity index is 1.23. The van der Waals surface area contributed by atoms with Gasteiger partial charge in [0.2, 0.25) is 0 Å². The van der Waals surface area contributed by atoms with Gasteiger partial charge in [0.05, 0.1) is 38.1 Å². The van der Waals surface area contributed by atoms with E-state index in [4.69, 9.17) is 30.4 Å². The van der Waals surface area contributed by atoms with Gasteiger partial charge < -0.3 is 51.7 Å². The predicted octanol–water partition coefficient (Wildman–Crippen LogP) is 0.0226. The second kappa shape index (κ2) is 20.8. The third kappa shape index (κ3) is 11.6. The van der Waals surface area contributed by atoms with Crippen molar-refractivity contribution in [1.29, 1.82) is 0 Å². The third-order valence-electron chi connectivity index (χ3n) is 9.41. The first-order valence-electron chi connectivity index (χ1n) is 17.6. The summed E-state index contributed by atoms with van der Waals surface area (Å²) in [5.74, 6) is 1.66. The molecule has 6 unspecified atom stereocenters. The van der Waals surface area contributed by atoms with Crippen molar-refractivity contribution in [3.63, 3.8) is 0 Å². The molecule has 2 aromatic carbocycles. The number of esters is 2. The number of carbonyl (C=O) groups is 6. The molecule has 0 saturated carbocycles. The van der Waals surface area contributed by atoms with Crippen LogP contribution in [0.4, 0.5) is 9.59 Å². The number of amides is 2. The molecule has 8 N–H and O–H groups in total.